The summed E-state index contributed by atoms with van der Waals surface area (Å²) in [6, 6.07) is 0.830. The summed E-state index contributed by atoms with van der Waals surface area (Å²) in [6.07, 6.45) is 8.98. The number of ether oxygens (including phenoxy) is 1. The average Bonchev–Trinajstić information content (AvgIpc) is 3.17. The first-order valence-corrected chi connectivity index (χ1v) is 13.9. The lowest BCUT2D eigenvalue weighted by Crippen LogP contribution is -2.13. The van der Waals surface area contributed by atoms with Gasteiger partial charge in [-0.25, -0.2) is 4.98 Å². The number of nitrogen functional groups attached to an aromatic ring is 1. The van der Waals surface area contributed by atoms with E-state index in [2.05, 4.69) is 19.5 Å². The molecule has 6 N–H and O–H groups in total. The summed E-state index contributed by atoms with van der Waals surface area (Å²) < 4.78 is 61.8. The lowest BCUT2D eigenvalue weighted by atomic mass is 9.95. The molecule has 1 aliphatic rings. The van der Waals surface area contributed by atoms with E-state index in [0.29, 0.717) is 30.0 Å². The second-order valence-corrected chi connectivity index (χ2v) is 10.5. The number of fused-ring (bicyclic) bond motifs is 1. The van der Waals surface area contributed by atoms with E-state index >= 15 is 0 Å². The average molecular weight is 528 g/mol. The second-order valence-electron chi connectivity index (χ2n) is 7.38. The topological polar surface area (TPSA) is 228 Å². The van der Waals surface area contributed by atoms with Crippen LogP contribution in [0.2, 0.25) is 0 Å². The van der Waals surface area contributed by atoms with Crippen LogP contribution in [0.1, 0.15) is 51.5 Å². The van der Waals surface area contributed by atoms with Crippen molar-refractivity contribution < 1.29 is 40.9 Å². The third kappa shape index (κ3) is 11.3. The lowest BCUT2D eigenvalue weighted by Gasteiger charge is -2.23. The Morgan fingerprint density at radius 1 is 1.03 bits per heavy atom. The number of aliphatic hydroxyl groups excluding tert-OH is 2. The smallest absolute Gasteiger partial charge is 0.320 e. The van der Waals surface area contributed by atoms with E-state index in [9.17, 15) is 16.8 Å². The van der Waals surface area contributed by atoms with Crippen LogP contribution in [0.15, 0.2) is 6.33 Å². The molecule has 2 aromatic heterocycles. The molecule has 2 aromatic rings. The number of rotatable bonds is 8. The van der Waals surface area contributed by atoms with Gasteiger partial charge in [0.15, 0.2) is 17.0 Å². The highest BCUT2D eigenvalue weighted by Crippen LogP contribution is 2.31. The van der Waals surface area contributed by atoms with Gasteiger partial charge in [-0.05, 0) is 19.3 Å². The van der Waals surface area contributed by atoms with Crippen LogP contribution in [-0.2, 0) is 20.2 Å². The molecule has 1 saturated carbocycles. The third-order valence-corrected chi connectivity index (χ3v) is 5.93. The number of aliphatic hydroxyl groups is 2. The zero-order chi connectivity index (χ0) is 25.8. The van der Waals surface area contributed by atoms with Crippen LogP contribution in [0.5, 0.6) is 6.01 Å². The van der Waals surface area contributed by atoms with Gasteiger partial charge in [0.2, 0.25) is 0 Å². The van der Waals surface area contributed by atoms with E-state index < -0.39 is 45.0 Å². The quantitative estimate of drug-likeness (QED) is 0.294. The minimum absolute atomic E-state index is 0.356. The lowest BCUT2D eigenvalue weighted by molar-refractivity contribution is 0.293. The molecule has 0 radical (unpaired) electrons. The van der Waals surface area contributed by atoms with Gasteiger partial charge in [0.1, 0.15) is 0 Å². The molecule has 0 bridgehead atoms. The van der Waals surface area contributed by atoms with Crippen molar-refractivity contribution in [3.05, 3.63) is 6.33 Å². The van der Waals surface area contributed by atoms with Crippen LogP contribution in [0.4, 0.5) is 5.82 Å². The van der Waals surface area contributed by atoms with Gasteiger partial charge >= 0.3 is 6.01 Å². The summed E-state index contributed by atoms with van der Waals surface area (Å²) in [5.41, 5.74) is 7.45. The van der Waals surface area contributed by atoms with Gasteiger partial charge < -0.3 is 25.3 Å². The number of nitrogens with two attached hydrogens (primary N) is 1. The fourth-order valence-electron chi connectivity index (χ4n) is 3.03. The Balaban J connectivity index is 0.000000343. The first kappa shape index (κ1) is 29.9. The molecule has 0 amide bonds. The molecule has 0 atom stereocenters. The molecule has 14 nitrogen and oxygen atoms in total. The first-order valence-electron chi connectivity index (χ1n) is 10.7. The minimum atomic E-state index is -3.92. The summed E-state index contributed by atoms with van der Waals surface area (Å²) in [7, 11) is -7.85. The number of aromatic nitrogens is 4. The molecule has 34 heavy (non-hydrogen) atoms. The van der Waals surface area contributed by atoms with E-state index in [1.165, 1.54) is 32.1 Å². The van der Waals surface area contributed by atoms with Crippen molar-refractivity contribution in [2.45, 2.75) is 51.5 Å². The number of imidazole rings is 1. The molecule has 196 valence electrons. The van der Waals surface area contributed by atoms with Gasteiger partial charge in [0.25, 0.3) is 20.2 Å². The van der Waals surface area contributed by atoms with Gasteiger partial charge in [-0.15, -0.1) is 0 Å². The van der Waals surface area contributed by atoms with Crippen molar-refractivity contribution in [3.8, 4) is 6.01 Å². The fraction of sp³-hybridized carbons (Fsp3) is 0.722. The highest BCUT2D eigenvalue weighted by Gasteiger charge is 2.20. The SMILES string of the molecule is CCCOc1nc(N)c2ncn(C3CCCCC3)c2n1.O=S(=O)(O)CCO.O=S(=O)(O)CCO. The largest absolute Gasteiger partial charge is 0.463 e. The summed E-state index contributed by atoms with van der Waals surface area (Å²) in [4.78, 5) is 13.0. The van der Waals surface area contributed by atoms with Gasteiger partial charge in [0.05, 0.1) is 37.7 Å². The van der Waals surface area contributed by atoms with Crippen LogP contribution in [-0.4, -0.2) is 87.0 Å². The van der Waals surface area contributed by atoms with E-state index in [0.717, 1.165) is 12.1 Å². The molecule has 3 rings (SSSR count). The van der Waals surface area contributed by atoms with Crippen molar-refractivity contribution in [3.63, 3.8) is 0 Å². The minimum Gasteiger partial charge on any atom is -0.463 e. The van der Waals surface area contributed by atoms with E-state index in [4.69, 9.17) is 29.8 Å². The Kier molecular flexibility index (Phi) is 12.6. The normalized spacial score (nSPS) is 14.6. The molecular weight excluding hydrogens is 494 g/mol. The molecule has 0 saturated heterocycles. The number of nitrogens with zero attached hydrogens (tertiary/aromatic N) is 4. The number of hydrogen-bond acceptors (Lipinski definition) is 11. The van der Waals surface area contributed by atoms with Crippen LogP contribution >= 0.6 is 0 Å². The van der Waals surface area contributed by atoms with Gasteiger partial charge in [-0.2, -0.15) is 26.8 Å². The molecule has 0 aliphatic heterocycles. The fourth-order valence-corrected chi connectivity index (χ4v) is 3.49. The molecular formula is C18H33N5O9S2. The molecule has 1 fully saturated rings. The Morgan fingerprint density at radius 3 is 2.03 bits per heavy atom. The van der Waals surface area contributed by atoms with Crippen molar-refractivity contribution >= 4 is 37.2 Å². The van der Waals surface area contributed by atoms with E-state index in [1.807, 2.05) is 13.3 Å². The zero-order valence-corrected chi connectivity index (χ0v) is 20.6. The van der Waals surface area contributed by atoms with Crippen LogP contribution in [0.25, 0.3) is 11.2 Å². The summed E-state index contributed by atoms with van der Waals surface area (Å²) in [6.45, 7) is 1.59. The van der Waals surface area contributed by atoms with E-state index in [1.54, 1.807) is 0 Å². The molecule has 2 heterocycles. The van der Waals surface area contributed by atoms with Gasteiger partial charge in [-0.3, -0.25) is 9.11 Å². The highest BCUT2D eigenvalue weighted by atomic mass is 32.2. The maximum absolute atomic E-state index is 9.63. The Labute approximate surface area is 198 Å². The van der Waals surface area contributed by atoms with Gasteiger partial charge in [-0.1, -0.05) is 26.2 Å². The predicted octanol–water partition coefficient (Wildman–Crippen LogP) is 0.436. The third-order valence-electron chi connectivity index (χ3n) is 4.53. The van der Waals surface area contributed by atoms with Gasteiger partial charge in [0, 0.05) is 6.04 Å². The van der Waals surface area contributed by atoms with E-state index in [-0.39, 0.29) is 0 Å². The Hall–Kier alpha value is -2.11. The van der Waals surface area contributed by atoms with Crippen molar-refractivity contribution in [2.75, 3.05) is 37.1 Å². The molecule has 0 spiro atoms. The highest BCUT2D eigenvalue weighted by molar-refractivity contribution is 7.86. The second kappa shape index (κ2) is 14.3. The van der Waals surface area contributed by atoms with Crippen molar-refractivity contribution in [2.24, 2.45) is 0 Å². The zero-order valence-electron chi connectivity index (χ0n) is 18.9. The standard InChI is InChI=1S/C14H21N5O.2C2H6O4S/c1-2-8-20-14-17-12(15)11-13(18-14)19(9-16-11)10-6-4-3-5-7-10;2*3-1-2-7(4,5)6/h9-10H,2-8H2,1H3,(H2,15,17,18);2*3H,1-2H2,(H,4,5,6). The maximum atomic E-state index is 9.63. The predicted molar refractivity (Wildman–Crippen MR) is 125 cm³/mol. The number of hydrogen-bond donors (Lipinski definition) is 5. The van der Waals surface area contributed by atoms with Crippen LogP contribution in [0.3, 0.4) is 0 Å². The first-order chi connectivity index (χ1) is 15.9. The summed E-state index contributed by atoms with van der Waals surface area (Å²) in [5.74, 6) is -0.754. The molecule has 16 heteroatoms. The molecule has 1 aliphatic carbocycles. The maximum Gasteiger partial charge on any atom is 0.320 e. The Morgan fingerprint density at radius 2 is 1.59 bits per heavy atom. The number of anilines is 1. The van der Waals surface area contributed by atoms with Crippen LogP contribution in [0, 0.1) is 0 Å². The van der Waals surface area contributed by atoms with Crippen molar-refractivity contribution in [1.82, 2.24) is 19.5 Å². The summed E-state index contributed by atoms with van der Waals surface area (Å²) >= 11 is 0. The van der Waals surface area contributed by atoms with Crippen molar-refractivity contribution in [1.29, 1.82) is 0 Å². The van der Waals surface area contributed by atoms with Crippen LogP contribution < -0.4 is 10.5 Å². The molecule has 0 unspecified atom stereocenters. The monoisotopic (exact) mass is 527 g/mol. The molecule has 0 aromatic carbocycles. The summed E-state index contributed by atoms with van der Waals surface area (Å²) in [5, 5.41) is 15.7. The Bertz CT molecular complexity index is 1050.